The van der Waals surface area contributed by atoms with Gasteiger partial charge in [0.1, 0.15) is 0 Å². The molecule has 0 saturated heterocycles. The topological polar surface area (TPSA) is 78.8 Å². The fraction of sp³-hybridized carbons (Fsp3) is 0.167. The van der Waals surface area contributed by atoms with Crippen LogP contribution in [-0.2, 0) is 10.0 Å². The second-order valence-electron chi connectivity index (χ2n) is 7.39. The maximum Gasteiger partial charge on any atom is 0.276 e. The van der Waals surface area contributed by atoms with Crippen LogP contribution in [0.1, 0.15) is 40.9 Å². The summed E-state index contributed by atoms with van der Waals surface area (Å²) in [6.45, 7) is 1.58. The number of halogens is 1. The third-order valence-electron chi connectivity index (χ3n) is 5.26. The first-order valence-corrected chi connectivity index (χ1v) is 12.2. The van der Waals surface area contributed by atoms with Crippen molar-refractivity contribution in [3.63, 3.8) is 0 Å². The number of hydrazone groups is 1. The van der Waals surface area contributed by atoms with E-state index in [4.69, 9.17) is 11.6 Å². The van der Waals surface area contributed by atoms with Gasteiger partial charge in [0.05, 0.1) is 28.1 Å². The molecular formula is C24H22ClN3O3S. The van der Waals surface area contributed by atoms with Crippen LogP contribution in [0.5, 0.6) is 0 Å². The number of anilines is 1. The highest BCUT2D eigenvalue weighted by Gasteiger charge is 2.34. The molecule has 0 aromatic heterocycles. The highest BCUT2D eigenvalue weighted by molar-refractivity contribution is 7.92. The third-order valence-corrected chi connectivity index (χ3v) is 6.89. The number of hydrogen-bond donors (Lipinski definition) is 1. The van der Waals surface area contributed by atoms with Crippen LogP contribution in [-0.4, -0.2) is 30.8 Å². The minimum Gasteiger partial charge on any atom is -0.284 e. The van der Waals surface area contributed by atoms with E-state index in [-0.39, 0.29) is 17.7 Å². The number of amides is 1. The molecule has 0 spiro atoms. The van der Waals surface area contributed by atoms with E-state index >= 15 is 0 Å². The number of nitrogens with zero attached hydrogens (tertiary/aromatic N) is 2. The fourth-order valence-electron chi connectivity index (χ4n) is 3.58. The average Bonchev–Trinajstić information content (AvgIpc) is 3.25. The first-order valence-electron chi connectivity index (χ1n) is 10.2. The van der Waals surface area contributed by atoms with E-state index in [1.165, 1.54) is 5.01 Å². The Hall–Kier alpha value is -3.16. The third kappa shape index (κ3) is 4.69. The summed E-state index contributed by atoms with van der Waals surface area (Å²) in [5, 5.41) is 6.49. The van der Waals surface area contributed by atoms with Gasteiger partial charge in [0, 0.05) is 12.1 Å². The lowest BCUT2D eigenvalue weighted by Crippen LogP contribution is -2.27. The quantitative estimate of drug-likeness (QED) is 0.548. The Balaban J connectivity index is 1.72. The molecule has 3 aromatic carbocycles. The molecule has 1 aliphatic rings. The van der Waals surface area contributed by atoms with Crippen LogP contribution in [0, 0.1) is 0 Å². The monoisotopic (exact) mass is 467 g/mol. The molecule has 0 bridgehead atoms. The molecule has 4 rings (SSSR count). The molecule has 0 unspecified atom stereocenters. The molecule has 6 nitrogen and oxygen atoms in total. The van der Waals surface area contributed by atoms with Crippen molar-refractivity contribution < 1.29 is 13.2 Å². The summed E-state index contributed by atoms with van der Waals surface area (Å²) >= 11 is 6.28. The van der Waals surface area contributed by atoms with Crippen molar-refractivity contribution in [2.45, 2.75) is 19.4 Å². The molecule has 1 amide bonds. The highest BCUT2D eigenvalue weighted by atomic mass is 35.5. The number of carbonyl (C=O) groups excluding carboxylic acids is 1. The lowest BCUT2D eigenvalue weighted by atomic mass is 9.98. The summed E-state index contributed by atoms with van der Waals surface area (Å²) < 4.78 is 26.5. The van der Waals surface area contributed by atoms with Crippen LogP contribution < -0.4 is 4.72 Å². The second kappa shape index (κ2) is 9.14. The van der Waals surface area contributed by atoms with E-state index < -0.39 is 10.0 Å². The van der Waals surface area contributed by atoms with Gasteiger partial charge < -0.3 is 0 Å². The fourth-order valence-corrected chi connectivity index (χ4v) is 4.43. The van der Waals surface area contributed by atoms with Gasteiger partial charge in [0.15, 0.2) is 0 Å². The molecule has 32 heavy (non-hydrogen) atoms. The summed E-state index contributed by atoms with van der Waals surface area (Å²) in [6.07, 6.45) is 0.490. The van der Waals surface area contributed by atoms with Crippen LogP contribution in [0.2, 0.25) is 5.02 Å². The Bertz CT molecular complexity index is 1280. The molecule has 0 fully saturated rings. The van der Waals surface area contributed by atoms with E-state index in [0.717, 1.165) is 11.1 Å². The summed E-state index contributed by atoms with van der Waals surface area (Å²) in [6, 6.07) is 23.3. The van der Waals surface area contributed by atoms with Crippen molar-refractivity contribution in [1.29, 1.82) is 0 Å². The maximum atomic E-state index is 13.4. The Kier molecular flexibility index (Phi) is 6.30. The standard InChI is InChI=1S/C24H22ClN3O3S/c1-2-32(30,31)27-19-12-8-11-18(15-19)22-16-23(17-9-4-3-5-10-17)28(26-22)24(29)20-13-6-7-14-21(20)25/h3-15,23,27H,2,16H2,1H3/t23-/m1/s1. The first-order chi connectivity index (χ1) is 15.4. The van der Waals surface area contributed by atoms with Gasteiger partial charge in [0.2, 0.25) is 10.0 Å². The summed E-state index contributed by atoms with van der Waals surface area (Å²) in [4.78, 5) is 13.4. The molecular weight excluding hydrogens is 446 g/mol. The number of carbonyl (C=O) groups is 1. The Labute approximate surface area is 192 Å². The molecule has 8 heteroatoms. The summed E-state index contributed by atoms with van der Waals surface area (Å²) in [5.74, 6) is -0.309. The maximum absolute atomic E-state index is 13.4. The van der Waals surface area contributed by atoms with Gasteiger partial charge in [-0.3, -0.25) is 9.52 Å². The minimum absolute atomic E-state index is 0.0195. The molecule has 0 aliphatic carbocycles. The van der Waals surface area contributed by atoms with Crippen LogP contribution in [0.15, 0.2) is 84.0 Å². The van der Waals surface area contributed by atoms with E-state index in [2.05, 4.69) is 9.82 Å². The molecule has 164 valence electrons. The number of benzene rings is 3. The Morgan fingerprint density at radius 1 is 1.06 bits per heavy atom. The summed E-state index contributed by atoms with van der Waals surface area (Å²) in [5.41, 5.74) is 3.23. The predicted octanol–water partition coefficient (Wildman–Crippen LogP) is 5.09. The smallest absolute Gasteiger partial charge is 0.276 e. The van der Waals surface area contributed by atoms with Gasteiger partial charge in [-0.15, -0.1) is 0 Å². The van der Waals surface area contributed by atoms with Crippen molar-refractivity contribution in [2.75, 3.05) is 10.5 Å². The predicted molar refractivity (Wildman–Crippen MR) is 127 cm³/mol. The first kappa shape index (κ1) is 22.0. The lowest BCUT2D eigenvalue weighted by molar-refractivity contribution is 0.0711. The number of hydrogen-bond acceptors (Lipinski definition) is 4. The Morgan fingerprint density at radius 3 is 2.50 bits per heavy atom. The largest absolute Gasteiger partial charge is 0.284 e. The van der Waals surface area contributed by atoms with Gasteiger partial charge in [-0.05, 0) is 42.3 Å². The van der Waals surface area contributed by atoms with Crippen LogP contribution in [0.25, 0.3) is 0 Å². The number of nitrogens with one attached hydrogen (secondary N) is 1. The highest BCUT2D eigenvalue weighted by Crippen LogP contribution is 2.35. The number of rotatable bonds is 6. The SMILES string of the molecule is CCS(=O)(=O)Nc1cccc(C2=NN(C(=O)c3ccccc3Cl)[C@@H](c3ccccc3)C2)c1. The Morgan fingerprint density at radius 2 is 1.78 bits per heavy atom. The summed E-state index contributed by atoms with van der Waals surface area (Å²) in [7, 11) is -3.40. The zero-order valence-electron chi connectivity index (χ0n) is 17.4. The minimum atomic E-state index is -3.40. The zero-order chi connectivity index (χ0) is 22.7. The van der Waals surface area contributed by atoms with Crippen molar-refractivity contribution >= 4 is 38.9 Å². The average molecular weight is 468 g/mol. The van der Waals surface area contributed by atoms with Crippen molar-refractivity contribution in [2.24, 2.45) is 5.10 Å². The number of sulfonamides is 1. The lowest BCUT2D eigenvalue weighted by Gasteiger charge is -2.22. The molecule has 1 N–H and O–H groups in total. The van der Waals surface area contributed by atoms with Gasteiger partial charge in [-0.2, -0.15) is 5.10 Å². The molecule has 1 atom stereocenters. The molecule has 0 radical (unpaired) electrons. The van der Waals surface area contributed by atoms with Crippen LogP contribution in [0.4, 0.5) is 5.69 Å². The van der Waals surface area contributed by atoms with Crippen LogP contribution in [0.3, 0.4) is 0 Å². The van der Waals surface area contributed by atoms with Crippen LogP contribution >= 0.6 is 11.6 Å². The van der Waals surface area contributed by atoms with Gasteiger partial charge in [-0.25, -0.2) is 13.4 Å². The molecule has 1 heterocycles. The van der Waals surface area contributed by atoms with Crippen molar-refractivity contribution in [1.82, 2.24) is 5.01 Å². The second-order valence-corrected chi connectivity index (χ2v) is 9.81. The van der Waals surface area contributed by atoms with Gasteiger partial charge >= 0.3 is 0 Å². The van der Waals surface area contributed by atoms with E-state index in [1.807, 2.05) is 36.4 Å². The molecule has 1 aliphatic heterocycles. The van der Waals surface area contributed by atoms with Crippen molar-refractivity contribution in [3.8, 4) is 0 Å². The molecule has 3 aromatic rings. The van der Waals surface area contributed by atoms with Gasteiger partial charge in [-0.1, -0.05) is 66.2 Å². The van der Waals surface area contributed by atoms with Crippen molar-refractivity contribution in [3.05, 3.63) is 101 Å². The van der Waals surface area contributed by atoms with E-state index in [0.29, 0.717) is 28.4 Å². The zero-order valence-corrected chi connectivity index (χ0v) is 19.0. The van der Waals surface area contributed by atoms with Gasteiger partial charge in [0.25, 0.3) is 5.91 Å². The molecule has 0 saturated carbocycles. The van der Waals surface area contributed by atoms with E-state index in [9.17, 15) is 13.2 Å². The van der Waals surface area contributed by atoms with E-state index in [1.54, 1.807) is 49.4 Å². The normalized spacial score (nSPS) is 16.0.